The molecule has 0 saturated heterocycles. The predicted molar refractivity (Wildman–Crippen MR) is 75.1 cm³/mol. The van der Waals surface area contributed by atoms with Crippen molar-refractivity contribution in [2.45, 2.75) is 26.0 Å². The van der Waals surface area contributed by atoms with Crippen LogP contribution in [0.5, 0.6) is 0 Å². The van der Waals surface area contributed by atoms with E-state index in [4.69, 9.17) is 10.6 Å². The Morgan fingerprint density at radius 3 is 2.56 bits per heavy atom. The molecule has 0 saturated carbocycles. The average Bonchev–Trinajstić information content (AvgIpc) is 2.40. The van der Waals surface area contributed by atoms with Gasteiger partial charge in [0.25, 0.3) is 0 Å². The Morgan fingerprint density at radius 2 is 1.89 bits per heavy atom. The van der Waals surface area contributed by atoms with Crippen molar-refractivity contribution in [2.24, 2.45) is 5.84 Å². The molecule has 0 radical (unpaired) electrons. The third-order valence-corrected chi connectivity index (χ3v) is 3.21. The van der Waals surface area contributed by atoms with Crippen molar-refractivity contribution in [3.05, 3.63) is 48.0 Å². The average molecular weight is 244 g/mol. The van der Waals surface area contributed by atoms with Gasteiger partial charge in [-0.15, -0.1) is 0 Å². The minimum Gasteiger partial charge on any atom is -0.377 e. The second-order valence-corrected chi connectivity index (χ2v) is 4.41. The van der Waals surface area contributed by atoms with Gasteiger partial charge in [0.1, 0.15) is 0 Å². The molecule has 0 spiro atoms. The number of fused-ring (bicyclic) bond motifs is 1. The number of nitrogens with one attached hydrogen (secondary N) is 1. The van der Waals surface area contributed by atoms with E-state index in [9.17, 15) is 0 Å². The van der Waals surface area contributed by atoms with Crippen LogP contribution in [0, 0.1) is 0 Å². The zero-order valence-electron chi connectivity index (χ0n) is 10.9. The molecule has 0 fully saturated rings. The lowest BCUT2D eigenvalue weighted by Crippen LogP contribution is -2.36. The van der Waals surface area contributed by atoms with Crippen molar-refractivity contribution in [3.63, 3.8) is 0 Å². The lowest BCUT2D eigenvalue weighted by atomic mass is 9.99. The van der Waals surface area contributed by atoms with Gasteiger partial charge in [0.15, 0.2) is 0 Å². The number of ether oxygens (including phenoxy) is 1. The minimum absolute atomic E-state index is 0.00885. The van der Waals surface area contributed by atoms with Crippen molar-refractivity contribution in [3.8, 4) is 0 Å². The SMILES string of the molecule is CCOC(C)C(NN)c1ccc2ccccc2c1. The smallest absolute Gasteiger partial charge is 0.0754 e. The van der Waals surface area contributed by atoms with E-state index in [-0.39, 0.29) is 12.1 Å². The van der Waals surface area contributed by atoms with Gasteiger partial charge in [0, 0.05) is 6.61 Å². The summed E-state index contributed by atoms with van der Waals surface area (Å²) in [6, 6.07) is 14.7. The first-order valence-electron chi connectivity index (χ1n) is 6.32. The largest absolute Gasteiger partial charge is 0.377 e. The Bertz CT molecular complexity index is 513. The van der Waals surface area contributed by atoms with Gasteiger partial charge in [-0.05, 0) is 36.2 Å². The van der Waals surface area contributed by atoms with Gasteiger partial charge in [-0.3, -0.25) is 11.3 Å². The van der Waals surface area contributed by atoms with Crippen LogP contribution < -0.4 is 11.3 Å². The Kier molecular flexibility index (Phi) is 4.31. The van der Waals surface area contributed by atoms with Gasteiger partial charge >= 0.3 is 0 Å². The van der Waals surface area contributed by atoms with Crippen LogP contribution in [-0.4, -0.2) is 12.7 Å². The molecule has 0 aliphatic rings. The normalized spacial score (nSPS) is 14.6. The molecule has 3 N–H and O–H groups in total. The van der Waals surface area contributed by atoms with Crippen LogP contribution >= 0.6 is 0 Å². The van der Waals surface area contributed by atoms with Crippen molar-refractivity contribution in [1.82, 2.24) is 5.43 Å². The maximum Gasteiger partial charge on any atom is 0.0754 e. The maximum absolute atomic E-state index is 5.65. The Morgan fingerprint density at radius 1 is 1.17 bits per heavy atom. The van der Waals surface area contributed by atoms with E-state index in [1.807, 2.05) is 26.0 Å². The zero-order chi connectivity index (χ0) is 13.0. The molecule has 2 unspecified atom stereocenters. The van der Waals surface area contributed by atoms with Gasteiger partial charge in [-0.25, -0.2) is 0 Å². The van der Waals surface area contributed by atoms with E-state index in [2.05, 4.69) is 35.8 Å². The van der Waals surface area contributed by atoms with Crippen LogP contribution in [0.1, 0.15) is 25.5 Å². The summed E-state index contributed by atoms with van der Waals surface area (Å²) in [5.41, 5.74) is 3.99. The molecule has 2 aromatic carbocycles. The summed E-state index contributed by atoms with van der Waals surface area (Å²) in [5.74, 6) is 5.65. The molecule has 0 aliphatic carbocycles. The molecular formula is C15H20N2O. The van der Waals surface area contributed by atoms with Crippen LogP contribution in [0.15, 0.2) is 42.5 Å². The van der Waals surface area contributed by atoms with Crippen molar-refractivity contribution < 1.29 is 4.74 Å². The van der Waals surface area contributed by atoms with E-state index >= 15 is 0 Å². The fourth-order valence-corrected chi connectivity index (χ4v) is 2.26. The highest BCUT2D eigenvalue weighted by Crippen LogP contribution is 2.23. The molecule has 2 rings (SSSR count). The van der Waals surface area contributed by atoms with Gasteiger partial charge in [-0.2, -0.15) is 0 Å². The van der Waals surface area contributed by atoms with E-state index in [0.717, 1.165) is 5.56 Å². The van der Waals surface area contributed by atoms with Crippen molar-refractivity contribution in [1.29, 1.82) is 0 Å². The Labute approximate surface area is 108 Å². The van der Waals surface area contributed by atoms with Crippen LogP contribution in [0.4, 0.5) is 0 Å². The summed E-state index contributed by atoms with van der Waals surface area (Å²) in [4.78, 5) is 0. The zero-order valence-corrected chi connectivity index (χ0v) is 10.9. The predicted octanol–water partition coefficient (Wildman–Crippen LogP) is 2.77. The molecule has 18 heavy (non-hydrogen) atoms. The van der Waals surface area contributed by atoms with Gasteiger partial charge < -0.3 is 4.74 Å². The standard InChI is InChI=1S/C15H20N2O/c1-3-18-11(2)15(17-16)14-9-8-12-6-4-5-7-13(12)10-14/h4-11,15,17H,3,16H2,1-2H3. The summed E-state index contributed by atoms with van der Waals surface area (Å²) in [7, 11) is 0. The molecule has 3 nitrogen and oxygen atoms in total. The van der Waals surface area contributed by atoms with Gasteiger partial charge in [-0.1, -0.05) is 36.4 Å². The van der Waals surface area contributed by atoms with Gasteiger partial charge in [0.2, 0.25) is 0 Å². The monoisotopic (exact) mass is 244 g/mol. The fraction of sp³-hybridized carbons (Fsp3) is 0.333. The first-order chi connectivity index (χ1) is 8.76. The summed E-state index contributed by atoms with van der Waals surface area (Å²) in [6.45, 7) is 4.71. The quantitative estimate of drug-likeness (QED) is 0.628. The van der Waals surface area contributed by atoms with E-state index in [1.165, 1.54) is 10.8 Å². The highest BCUT2D eigenvalue weighted by Gasteiger charge is 2.18. The summed E-state index contributed by atoms with van der Waals surface area (Å²) < 4.78 is 5.62. The molecule has 0 bridgehead atoms. The third kappa shape index (κ3) is 2.70. The van der Waals surface area contributed by atoms with E-state index in [0.29, 0.717) is 6.61 Å². The Balaban J connectivity index is 2.33. The minimum atomic E-state index is 0.00885. The molecular weight excluding hydrogens is 224 g/mol. The molecule has 3 heteroatoms. The van der Waals surface area contributed by atoms with Crippen LogP contribution in [0.2, 0.25) is 0 Å². The highest BCUT2D eigenvalue weighted by atomic mass is 16.5. The van der Waals surface area contributed by atoms with E-state index in [1.54, 1.807) is 0 Å². The lowest BCUT2D eigenvalue weighted by Gasteiger charge is -2.23. The molecule has 0 heterocycles. The first-order valence-corrected chi connectivity index (χ1v) is 6.32. The highest BCUT2D eigenvalue weighted by molar-refractivity contribution is 5.83. The molecule has 2 aromatic rings. The van der Waals surface area contributed by atoms with Crippen molar-refractivity contribution in [2.75, 3.05) is 6.61 Å². The lowest BCUT2D eigenvalue weighted by molar-refractivity contribution is 0.0473. The fourth-order valence-electron chi connectivity index (χ4n) is 2.26. The third-order valence-electron chi connectivity index (χ3n) is 3.21. The van der Waals surface area contributed by atoms with Crippen LogP contribution in [0.3, 0.4) is 0 Å². The molecule has 0 aliphatic heterocycles. The van der Waals surface area contributed by atoms with E-state index < -0.39 is 0 Å². The summed E-state index contributed by atoms with van der Waals surface area (Å²) in [6.07, 6.45) is 0.0427. The summed E-state index contributed by atoms with van der Waals surface area (Å²) >= 11 is 0. The van der Waals surface area contributed by atoms with Crippen LogP contribution in [-0.2, 0) is 4.74 Å². The maximum atomic E-state index is 5.65. The topological polar surface area (TPSA) is 47.3 Å². The first kappa shape index (κ1) is 13.0. The number of benzene rings is 2. The number of hydrogen-bond acceptors (Lipinski definition) is 3. The number of nitrogens with two attached hydrogens (primary N) is 1. The number of hydrogen-bond donors (Lipinski definition) is 2. The molecule has 0 aromatic heterocycles. The van der Waals surface area contributed by atoms with Crippen LogP contribution in [0.25, 0.3) is 10.8 Å². The molecule has 2 atom stereocenters. The van der Waals surface area contributed by atoms with Crippen molar-refractivity contribution >= 4 is 10.8 Å². The second kappa shape index (κ2) is 5.96. The van der Waals surface area contributed by atoms with Gasteiger partial charge in [0.05, 0.1) is 12.1 Å². The molecule has 96 valence electrons. The summed E-state index contributed by atoms with van der Waals surface area (Å²) in [5, 5.41) is 2.46. The number of hydrazine groups is 1. The second-order valence-electron chi connectivity index (χ2n) is 4.41. The number of rotatable bonds is 5. The Hall–Kier alpha value is -1.42. The molecule has 0 amide bonds.